The van der Waals surface area contributed by atoms with Crippen LogP contribution >= 0.6 is 8.60 Å². The molecular weight excluding hydrogens is 595 g/mol. The van der Waals surface area contributed by atoms with Gasteiger partial charge in [-0.3, -0.25) is 0 Å². The largest absolute Gasteiger partial charge is 0.530 e. The number of aryl methyl sites for hydroxylation is 3. The number of nitrogens with zero attached hydrogens (tertiary/aromatic N) is 6. The third kappa shape index (κ3) is 7.32. The van der Waals surface area contributed by atoms with Crippen LogP contribution in [0.25, 0.3) is 0 Å². The summed E-state index contributed by atoms with van der Waals surface area (Å²) in [5, 5.41) is 0. The van der Waals surface area contributed by atoms with Gasteiger partial charge in [-0.15, -0.1) is 0 Å². The molecule has 6 rings (SSSR count). The molecule has 0 unspecified atom stereocenters. The summed E-state index contributed by atoms with van der Waals surface area (Å²) < 4.78 is 32.0. The fraction of sp³-hybridized carbons (Fsp3) is 0.250. The Kier molecular flexibility index (Phi) is 9.22. The highest BCUT2D eigenvalue weighted by Gasteiger charge is 2.21. The monoisotopic (exact) mass is 637 g/mol. The van der Waals surface area contributed by atoms with Gasteiger partial charge in [0.05, 0.1) is 21.1 Å². The van der Waals surface area contributed by atoms with E-state index < -0.39 is 8.60 Å². The smallest absolute Gasteiger partial charge is 0.409 e. The van der Waals surface area contributed by atoms with Crippen LogP contribution in [0.15, 0.2) is 110 Å². The van der Waals surface area contributed by atoms with Crippen molar-refractivity contribution < 1.29 is 27.3 Å². The van der Waals surface area contributed by atoms with Gasteiger partial charge >= 0.3 is 8.60 Å². The first kappa shape index (κ1) is 31.1. The van der Waals surface area contributed by atoms with E-state index in [0.717, 1.165) is 19.6 Å². The first-order chi connectivity index (χ1) is 22.2. The molecule has 0 aliphatic heterocycles. The molecule has 0 bridgehead atoms. The van der Waals surface area contributed by atoms with Crippen molar-refractivity contribution in [1.29, 1.82) is 0 Å². The van der Waals surface area contributed by atoms with Gasteiger partial charge in [0.2, 0.25) is 0 Å². The van der Waals surface area contributed by atoms with E-state index in [2.05, 4.69) is 143 Å². The second-order valence-corrected chi connectivity index (χ2v) is 12.7. The molecule has 3 aromatic heterocycles. The third-order valence-electron chi connectivity index (χ3n) is 8.56. The summed E-state index contributed by atoms with van der Waals surface area (Å²) in [6, 6.07) is 24.3. The Morgan fingerprint density at radius 1 is 0.457 bits per heavy atom. The van der Waals surface area contributed by atoms with Gasteiger partial charge in [-0.2, -0.15) is 0 Å². The molecular formula is C36H42N6O3P+3. The van der Waals surface area contributed by atoms with E-state index in [1.165, 1.54) is 34.2 Å². The van der Waals surface area contributed by atoms with E-state index >= 15 is 0 Å². The Bertz CT molecular complexity index is 1680. The van der Waals surface area contributed by atoms with Crippen LogP contribution in [0.4, 0.5) is 0 Å². The van der Waals surface area contributed by atoms with Crippen molar-refractivity contribution >= 4 is 8.60 Å². The van der Waals surface area contributed by atoms with Gasteiger partial charge in [-0.1, -0.05) is 36.4 Å². The molecule has 0 spiro atoms. The van der Waals surface area contributed by atoms with Gasteiger partial charge in [0, 0.05) is 20.8 Å². The predicted molar refractivity (Wildman–Crippen MR) is 176 cm³/mol. The molecule has 236 valence electrons. The summed E-state index contributed by atoms with van der Waals surface area (Å²) in [7, 11) is 4.37. The van der Waals surface area contributed by atoms with Gasteiger partial charge < -0.3 is 13.6 Å². The standard InChI is InChI=1S/C36H42N6O3P/c1-28-37(4)19-22-40(28)25-31-7-13-34(14-8-31)43-46(44-35-15-9-32(10-16-35)26-41-23-20-38(5)29(41)2)45-36-17-11-33(12-18-36)27-42-24-21-39(6)30(42)3/h7-24H,25-27H2,1-6H3/q+3. The minimum absolute atomic E-state index is 0.685. The minimum atomic E-state index is -1.79. The molecule has 0 saturated heterocycles. The van der Waals surface area contributed by atoms with Crippen LogP contribution in [0.5, 0.6) is 17.2 Å². The first-order valence-electron chi connectivity index (χ1n) is 15.4. The summed E-state index contributed by atoms with van der Waals surface area (Å²) in [6.07, 6.45) is 12.5. The molecule has 10 heteroatoms. The fourth-order valence-corrected chi connectivity index (χ4v) is 6.16. The van der Waals surface area contributed by atoms with Crippen molar-refractivity contribution in [1.82, 2.24) is 13.7 Å². The molecule has 0 atom stereocenters. The lowest BCUT2D eigenvalue weighted by Crippen LogP contribution is -2.29. The second-order valence-electron chi connectivity index (χ2n) is 11.7. The summed E-state index contributed by atoms with van der Waals surface area (Å²) in [6.45, 7) is 8.70. The number of benzene rings is 3. The number of aromatic nitrogens is 6. The zero-order valence-corrected chi connectivity index (χ0v) is 28.3. The Hall–Kier alpha value is -4.88. The summed E-state index contributed by atoms with van der Waals surface area (Å²) in [4.78, 5) is 0. The van der Waals surface area contributed by atoms with Crippen molar-refractivity contribution in [3.8, 4) is 17.2 Å². The first-order valence-corrected chi connectivity index (χ1v) is 16.5. The Labute approximate surface area is 272 Å². The Morgan fingerprint density at radius 2 is 0.717 bits per heavy atom. The van der Waals surface area contributed by atoms with Gasteiger partial charge in [0.25, 0.3) is 17.5 Å². The normalized spacial score (nSPS) is 11.3. The number of rotatable bonds is 12. The maximum absolute atomic E-state index is 6.34. The Balaban J connectivity index is 1.16. The molecule has 46 heavy (non-hydrogen) atoms. The average Bonchev–Trinajstić information content (AvgIpc) is 3.67. The van der Waals surface area contributed by atoms with Gasteiger partial charge in [0.1, 0.15) is 74.1 Å². The van der Waals surface area contributed by atoms with E-state index in [1.807, 2.05) is 36.4 Å². The van der Waals surface area contributed by atoms with Crippen LogP contribution in [0.3, 0.4) is 0 Å². The number of hydrogen-bond acceptors (Lipinski definition) is 3. The highest BCUT2D eigenvalue weighted by atomic mass is 31.2. The van der Waals surface area contributed by atoms with E-state index in [9.17, 15) is 0 Å². The maximum Gasteiger partial charge on any atom is 0.530 e. The van der Waals surface area contributed by atoms with Crippen molar-refractivity contribution in [3.05, 3.63) is 144 Å². The van der Waals surface area contributed by atoms with Crippen molar-refractivity contribution in [3.63, 3.8) is 0 Å². The van der Waals surface area contributed by atoms with Crippen molar-refractivity contribution in [2.24, 2.45) is 21.1 Å². The quantitative estimate of drug-likeness (QED) is 0.134. The summed E-state index contributed by atoms with van der Waals surface area (Å²) in [5.74, 6) is 5.63. The highest BCUT2D eigenvalue weighted by Crippen LogP contribution is 2.42. The van der Waals surface area contributed by atoms with Crippen molar-refractivity contribution in [2.75, 3.05) is 0 Å². The zero-order chi connectivity index (χ0) is 32.2. The van der Waals surface area contributed by atoms with E-state index in [0.29, 0.717) is 17.2 Å². The predicted octanol–water partition coefficient (Wildman–Crippen LogP) is 5.40. The van der Waals surface area contributed by atoms with Crippen LogP contribution in [-0.2, 0) is 40.8 Å². The lowest BCUT2D eigenvalue weighted by atomic mass is 10.2. The summed E-state index contributed by atoms with van der Waals surface area (Å²) >= 11 is 0. The SMILES string of the molecule is Cc1n(Cc2ccc(OP(Oc3ccc(Cn4cc[n+](C)c4C)cc3)Oc3ccc(Cn4cc[n+](C)c4C)cc3)cc2)cc[n+]1C. The molecule has 0 amide bonds. The lowest BCUT2D eigenvalue weighted by Gasteiger charge is -2.18. The molecule has 0 aliphatic rings. The molecule has 0 fully saturated rings. The zero-order valence-electron chi connectivity index (χ0n) is 27.4. The molecule has 3 aromatic carbocycles. The molecule has 0 radical (unpaired) electrons. The maximum atomic E-state index is 6.34. The highest BCUT2D eigenvalue weighted by molar-refractivity contribution is 7.43. The number of hydrogen-bond donors (Lipinski definition) is 0. The van der Waals surface area contributed by atoms with Crippen LogP contribution in [0.1, 0.15) is 34.2 Å². The molecule has 3 heterocycles. The molecule has 0 N–H and O–H groups in total. The van der Waals surface area contributed by atoms with Crippen LogP contribution < -0.4 is 27.3 Å². The van der Waals surface area contributed by atoms with Gasteiger partial charge in [0.15, 0.2) is 0 Å². The number of imidazole rings is 3. The lowest BCUT2D eigenvalue weighted by molar-refractivity contribution is -0.677. The van der Waals surface area contributed by atoms with Crippen molar-refractivity contribution in [2.45, 2.75) is 40.4 Å². The minimum Gasteiger partial charge on any atom is -0.409 e. The van der Waals surface area contributed by atoms with E-state index in [1.54, 1.807) is 0 Å². The van der Waals surface area contributed by atoms with E-state index in [4.69, 9.17) is 13.6 Å². The van der Waals surface area contributed by atoms with Crippen LogP contribution in [0.2, 0.25) is 0 Å². The average molecular weight is 638 g/mol. The molecule has 0 aliphatic carbocycles. The van der Waals surface area contributed by atoms with Crippen LogP contribution in [-0.4, -0.2) is 13.7 Å². The van der Waals surface area contributed by atoms with Gasteiger partial charge in [-0.25, -0.2) is 27.4 Å². The van der Waals surface area contributed by atoms with Crippen LogP contribution in [0, 0.1) is 20.8 Å². The fourth-order valence-electron chi connectivity index (χ4n) is 5.17. The second kappa shape index (κ2) is 13.6. The van der Waals surface area contributed by atoms with E-state index in [-0.39, 0.29) is 0 Å². The summed E-state index contributed by atoms with van der Waals surface area (Å²) in [5.41, 5.74) is 3.55. The Morgan fingerprint density at radius 3 is 0.935 bits per heavy atom. The van der Waals surface area contributed by atoms with Gasteiger partial charge in [-0.05, 0) is 53.1 Å². The third-order valence-corrected chi connectivity index (χ3v) is 9.64. The topological polar surface area (TPSA) is 54.1 Å². The molecule has 6 aromatic rings. The molecule has 0 saturated carbocycles. The molecule has 9 nitrogen and oxygen atoms in total.